The first-order valence-corrected chi connectivity index (χ1v) is 15.7. The van der Waals surface area contributed by atoms with E-state index in [1.54, 1.807) is 23.1 Å². The molecule has 6 rings (SSSR count). The maximum Gasteiger partial charge on any atom is 0.391 e. The number of amides is 1. The molecule has 4 aliphatic rings. The monoisotopic (exact) mass is 650 g/mol. The Bertz CT molecular complexity index is 1470. The number of ether oxygens (including phenoxy) is 1. The lowest BCUT2D eigenvalue weighted by Crippen LogP contribution is -2.61. The van der Waals surface area contributed by atoms with E-state index in [1.165, 1.54) is 12.4 Å². The van der Waals surface area contributed by atoms with Crippen LogP contribution in [0.4, 0.5) is 22.0 Å². The average molecular weight is 651 g/mol. The van der Waals surface area contributed by atoms with Crippen LogP contribution in [0.3, 0.4) is 0 Å². The molecule has 2 aliphatic heterocycles. The number of aromatic amines is 1. The number of H-pyrrole nitrogens is 1. The van der Waals surface area contributed by atoms with E-state index >= 15 is 0 Å². The average Bonchev–Trinajstić information content (AvgIpc) is 3.46. The maximum absolute atomic E-state index is 14.5. The fourth-order valence-corrected chi connectivity index (χ4v) is 8.02. The minimum atomic E-state index is -4.25. The van der Waals surface area contributed by atoms with Gasteiger partial charge in [-0.15, -0.1) is 0 Å². The molecule has 1 spiro atoms. The summed E-state index contributed by atoms with van der Waals surface area (Å²) in [6, 6.07) is 5.05. The van der Waals surface area contributed by atoms with Crippen molar-refractivity contribution in [2.24, 2.45) is 22.7 Å². The van der Waals surface area contributed by atoms with Crippen molar-refractivity contribution in [1.82, 2.24) is 20.0 Å². The molecule has 1 atom stereocenters. The third kappa shape index (κ3) is 5.79. The number of likely N-dealkylation sites (tertiary alicyclic amines) is 2. The number of carboxylic acid groups (broad SMARTS) is 1. The second-order valence-corrected chi connectivity index (χ2v) is 13.8. The van der Waals surface area contributed by atoms with Crippen molar-refractivity contribution in [3.8, 4) is 0 Å². The number of alkyl halides is 5. The first-order valence-electron chi connectivity index (χ1n) is 15.7. The van der Waals surface area contributed by atoms with Gasteiger partial charge in [-0.2, -0.15) is 18.3 Å². The summed E-state index contributed by atoms with van der Waals surface area (Å²) in [7, 11) is 0. The predicted molar refractivity (Wildman–Crippen MR) is 157 cm³/mol. The fraction of sp³-hybridized carbons (Fsp3) is 0.606. The lowest BCUT2D eigenvalue weighted by Gasteiger charge is -2.54. The maximum atomic E-state index is 14.5. The highest BCUT2D eigenvalue weighted by molar-refractivity contribution is 5.94. The highest BCUT2D eigenvalue weighted by Crippen LogP contribution is 2.63. The first-order chi connectivity index (χ1) is 21.7. The van der Waals surface area contributed by atoms with Crippen LogP contribution in [0.5, 0.6) is 0 Å². The largest absolute Gasteiger partial charge is 0.478 e. The van der Waals surface area contributed by atoms with Crippen molar-refractivity contribution in [3.63, 3.8) is 0 Å². The molecule has 8 nitrogen and oxygen atoms in total. The van der Waals surface area contributed by atoms with Crippen LogP contribution in [0.1, 0.15) is 83.2 Å². The molecule has 250 valence electrons. The minimum absolute atomic E-state index is 0.0305. The summed E-state index contributed by atoms with van der Waals surface area (Å²) in [5, 5.41) is 16.7. The molecule has 2 aliphatic carbocycles. The van der Waals surface area contributed by atoms with Gasteiger partial charge in [0.1, 0.15) is 0 Å². The van der Waals surface area contributed by atoms with Crippen LogP contribution in [0.15, 0.2) is 42.9 Å². The predicted octanol–water partition coefficient (Wildman–Crippen LogP) is 6.48. The molecular formula is C33H39F5N4O4. The molecule has 3 heterocycles. The summed E-state index contributed by atoms with van der Waals surface area (Å²) < 4.78 is 74.8. The molecule has 1 unspecified atom stereocenters. The minimum Gasteiger partial charge on any atom is -0.478 e. The van der Waals surface area contributed by atoms with Gasteiger partial charge in [0.25, 0.3) is 11.8 Å². The molecule has 46 heavy (non-hydrogen) atoms. The van der Waals surface area contributed by atoms with Gasteiger partial charge in [0, 0.05) is 56.3 Å². The van der Waals surface area contributed by atoms with Gasteiger partial charge < -0.3 is 19.6 Å². The Morgan fingerprint density at radius 2 is 1.76 bits per heavy atom. The molecule has 2 saturated heterocycles. The van der Waals surface area contributed by atoms with Crippen LogP contribution in [-0.2, 0) is 11.3 Å². The number of aromatic nitrogens is 2. The van der Waals surface area contributed by atoms with Crippen molar-refractivity contribution in [2.75, 3.05) is 32.8 Å². The lowest BCUT2D eigenvalue weighted by atomic mass is 9.70. The van der Waals surface area contributed by atoms with Crippen LogP contribution in [0.2, 0.25) is 0 Å². The number of allylic oxidation sites excluding steroid dienone is 1. The van der Waals surface area contributed by atoms with Gasteiger partial charge in [0.15, 0.2) is 0 Å². The molecule has 1 aromatic carbocycles. The Hall–Kier alpha value is -3.48. The topological polar surface area (TPSA) is 98.8 Å². The van der Waals surface area contributed by atoms with Crippen LogP contribution in [0, 0.1) is 22.7 Å². The van der Waals surface area contributed by atoms with Gasteiger partial charge in [-0.3, -0.25) is 9.89 Å². The highest BCUT2D eigenvalue weighted by atomic mass is 19.4. The Morgan fingerprint density at radius 3 is 2.33 bits per heavy atom. The number of rotatable bonds is 10. The third-order valence-electron chi connectivity index (χ3n) is 11.0. The smallest absolute Gasteiger partial charge is 0.391 e. The van der Waals surface area contributed by atoms with Gasteiger partial charge in [-0.25, -0.2) is 13.6 Å². The Labute approximate surface area is 264 Å². The second-order valence-electron chi connectivity index (χ2n) is 13.8. The number of carbonyl (C=O) groups is 2. The van der Waals surface area contributed by atoms with Gasteiger partial charge in [-0.1, -0.05) is 24.8 Å². The van der Waals surface area contributed by atoms with E-state index in [0.717, 1.165) is 6.92 Å². The summed E-state index contributed by atoms with van der Waals surface area (Å²) >= 11 is 0. The van der Waals surface area contributed by atoms with Crippen LogP contribution in [0.25, 0.3) is 0 Å². The summed E-state index contributed by atoms with van der Waals surface area (Å²) in [6.45, 7) is 6.83. The number of carbonyl (C=O) groups excluding carboxylic acids is 1. The van der Waals surface area contributed by atoms with E-state index in [1.807, 2.05) is 4.90 Å². The van der Waals surface area contributed by atoms with E-state index in [-0.39, 0.29) is 62.2 Å². The zero-order valence-electron chi connectivity index (χ0n) is 25.7. The summed E-state index contributed by atoms with van der Waals surface area (Å²) in [4.78, 5) is 29.3. The molecule has 2 N–H and O–H groups in total. The molecule has 0 bridgehead atoms. The second kappa shape index (κ2) is 11.6. The number of hydrogen-bond donors (Lipinski definition) is 2. The fourth-order valence-electron chi connectivity index (χ4n) is 8.02. The number of carboxylic acids is 1. The van der Waals surface area contributed by atoms with E-state index in [2.05, 4.69) is 16.8 Å². The number of nitrogens with one attached hydrogen (secondary N) is 1. The Morgan fingerprint density at radius 1 is 1.09 bits per heavy atom. The molecular weight excluding hydrogens is 611 g/mol. The first kappa shape index (κ1) is 32.5. The van der Waals surface area contributed by atoms with Crippen LogP contribution in [-0.4, -0.2) is 81.9 Å². The standard InChI is InChI=1S/C33H39F5N4O4/c1-20(32(10-11-32)30(2,34)35)42-18-31(19-42)17-41(28(43)23-12-39-40-13-23)14-25(31)16-46-15-22-4-3-5-26(27(22)29(44)45)21-6-8-24(9-7-21)33(36,37)38/h3-5,12-13,21,24-25H,1,6-11,14-19H2,2H3,(H,39,40)(H,44,45). The summed E-state index contributed by atoms with van der Waals surface area (Å²) in [5.74, 6) is -6.05. The number of halogens is 5. The zero-order valence-corrected chi connectivity index (χ0v) is 25.7. The van der Waals surface area contributed by atoms with Gasteiger partial charge in [-0.05, 0) is 55.6 Å². The van der Waals surface area contributed by atoms with Crippen LogP contribution >= 0.6 is 0 Å². The normalized spacial score (nSPS) is 25.4. The van der Waals surface area contributed by atoms with Crippen molar-refractivity contribution >= 4 is 11.9 Å². The molecule has 2 saturated carbocycles. The quantitative estimate of drug-likeness (QED) is 0.286. The van der Waals surface area contributed by atoms with Crippen molar-refractivity contribution in [1.29, 1.82) is 0 Å². The van der Waals surface area contributed by atoms with Gasteiger partial charge in [0.2, 0.25) is 0 Å². The van der Waals surface area contributed by atoms with Gasteiger partial charge in [0.05, 0.1) is 41.9 Å². The summed E-state index contributed by atoms with van der Waals surface area (Å²) in [6.07, 6.45) is -0.0830. The Balaban J connectivity index is 1.15. The van der Waals surface area contributed by atoms with Crippen molar-refractivity contribution in [2.45, 2.75) is 70.1 Å². The number of benzene rings is 1. The SMILES string of the molecule is C=C(N1CC2(C1)CN(C(=O)c1cn[nH]c1)CC2COCc1cccc(C2CCC(C(F)(F)F)CC2)c1C(=O)O)C1(C(C)(F)F)CC1. The molecule has 4 fully saturated rings. The van der Waals surface area contributed by atoms with E-state index in [4.69, 9.17) is 4.74 Å². The Kier molecular flexibility index (Phi) is 8.22. The molecule has 13 heteroatoms. The van der Waals surface area contributed by atoms with Crippen molar-refractivity contribution in [3.05, 3.63) is 65.1 Å². The molecule has 0 radical (unpaired) electrons. The van der Waals surface area contributed by atoms with E-state index in [9.17, 15) is 36.6 Å². The zero-order chi connectivity index (χ0) is 33.1. The number of hydrogen-bond acceptors (Lipinski definition) is 5. The number of nitrogens with zero attached hydrogens (tertiary/aromatic N) is 3. The van der Waals surface area contributed by atoms with E-state index < -0.39 is 34.8 Å². The van der Waals surface area contributed by atoms with Crippen LogP contribution < -0.4 is 0 Å². The molecule has 1 aromatic heterocycles. The molecule has 2 aromatic rings. The number of aromatic carboxylic acids is 1. The van der Waals surface area contributed by atoms with Crippen molar-refractivity contribution < 1.29 is 41.4 Å². The molecule has 1 amide bonds. The highest BCUT2D eigenvalue weighted by Gasteiger charge is 2.65. The van der Waals surface area contributed by atoms with Gasteiger partial charge >= 0.3 is 12.1 Å². The summed E-state index contributed by atoms with van der Waals surface area (Å²) in [5.41, 5.74) is 0.219. The third-order valence-corrected chi connectivity index (χ3v) is 11.0. The van der Waals surface area contributed by atoms with E-state index in [0.29, 0.717) is 61.4 Å². The lowest BCUT2D eigenvalue weighted by molar-refractivity contribution is -0.182.